The minimum Gasteiger partial charge on any atom is -0.508 e. The van der Waals surface area contributed by atoms with Crippen LogP contribution in [0.4, 0.5) is 0 Å². The second-order valence-corrected chi connectivity index (χ2v) is 5.04. The molecule has 0 saturated carbocycles. The van der Waals surface area contributed by atoms with Crippen molar-refractivity contribution < 1.29 is 5.11 Å². The number of halogens is 1. The second-order valence-electron chi connectivity index (χ2n) is 4.61. The lowest BCUT2D eigenvalue weighted by atomic mass is 9.98. The first kappa shape index (κ1) is 14.6. The van der Waals surface area contributed by atoms with Crippen molar-refractivity contribution in [1.29, 1.82) is 0 Å². The van der Waals surface area contributed by atoms with Crippen LogP contribution in [0.15, 0.2) is 61.2 Å². The van der Waals surface area contributed by atoms with Gasteiger partial charge in [-0.15, -0.1) is 6.58 Å². The first-order valence-electron chi connectivity index (χ1n) is 6.59. The number of rotatable bonds is 6. The van der Waals surface area contributed by atoms with Gasteiger partial charge in [-0.3, -0.25) is 0 Å². The van der Waals surface area contributed by atoms with Gasteiger partial charge in [-0.2, -0.15) is 0 Å². The molecule has 2 nitrogen and oxygen atoms in total. The summed E-state index contributed by atoms with van der Waals surface area (Å²) in [5.74, 6) is 0.273. The normalized spacial score (nSPS) is 12.1. The van der Waals surface area contributed by atoms with Crippen LogP contribution in [-0.2, 0) is 0 Å². The Bertz CT molecular complexity index is 503. The molecule has 20 heavy (non-hydrogen) atoms. The van der Waals surface area contributed by atoms with Crippen LogP contribution in [0.25, 0.3) is 0 Å². The summed E-state index contributed by atoms with van der Waals surface area (Å²) in [6, 6.07) is 15.1. The Labute approximate surface area is 124 Å². The van der Waals surface area contributed by atoms with Crippen molar-refractivity contribution in [3.63, 3.8) is 0 Å². The van der Waals surface area contributed by atoms with E-state index < -0.39 is 0 Å². The van der Waals surface area contributed by atoms with Gasteiger partial charge in [0.1, 0.15) is 5.75 Å². The molecule has 0 aliphatic rings. The Balaban J connectivity index is 2.25. The van der Waals surface area contributed by atoms with Crippen LogP contribution in [-0.4, -0.2) is 11.7 Å². The van der Waals surface area contributed by atoms with Crippen LogP contribution in [0.1, 0.15) is 23.6 Å². The van der Waals surface area contributed by atoms with E-state index in [1.807, 2.05) is 42.5 Å². The van der Waals surface area contributed by atoms with Crippen LogP contribution < -0.4 is 5.32 Å². The Morgan fingerprint density at radius 1 is 1.05 bits per heavy atom. The van der Waals surface area contributed by atoms with Gasteiger partial charge in [0.25, 0.3) is 0 Å². The lowest BCUT2D eigenvalue weighted by Gasteiger charge is -2.20. The molecular weight excluding hydrogens is 270 g/mol. The van der Waals surface area contributed by atoms with Gasteiger partial charge in [-0.1, -0.05) is 41.9 Å². The molecule has 2 aromatic carbocycles. The molecule has 0 saturated heterocycles. The van der Waals surface area contributed by atoms with Gasteiger partial charge in [0, 0.05) is 5.02 Å². The van der Waals surface area contributed by atoms with E-state index in [9.17, 15) is 5.11 Å². The van der Waals surface area contributed by atoms with Gasteiger partial charge >= 0.3 is 0 Å². The highest BCUT2D eigenvalue weighted by molar-refractivity contribution is 6.30. The standard InChI is InChI=1S/C17H18ClNO/c1-2-3-12-19-17(13-4-8-15(18)9-5-13)14-6-10-16(20)11-7-14/h2,4-11,17,19-20H,1,3,12H2. The largest absolute Gasteiger partial charge is 0.508 e. The fourth-order valence-corrected chi connectivity index (χ4v) is 2.21. The van der Waals surface area contributed by atoms with E-state index in [1.165, 1.54) is 0 Å². The fourth-order valence-electron chi connectivity index (χ4n) is 2.08. The Morgan fingerprint density at radius 2 is 1.60 bits per heavy atom. The van der Waals surface area contributed by atoms with E-state index in [2.05, 4.69) is 11.9 Å². The smallest absolute Gasteiger partial charge is 0.115 e. The average molecular weight is 288 g/mol. The molecule has 0 spiro atoms. The molecule has 2 aromatic rings. The van der Waals surface area contributed by atoms with Gasteiger partial charge in [0.05, 0.1) is 6.04 Å². The minimum absolute atomic E-state index is 0.0767. The highest BCUT2D eigenvalue weighted by Gasteiger charge is 2.13. The molecule has 0 heterocycles. The summed E-state index contributed by atoms with van der Waals surface area (Å²) in [5, 5.41) is 13.6. The minimum atomic E-state index is 0.0767. The lowest BCUT2D eigenvalue weighted by molar-refractivity contribution is 0.474. The van der Waals surface area contributed by atoms with E-state index in [0.29, 0.717) is 0 Å². The molecule has 1 unspecified atom stereocenters. The molecule has 1 atom stereocenters. The Morgan fingerprint density at radius 3 is 2.15 bits per heavy atom. The second kappa shape index (κ2) is 7.13. The third kappa shape index (κ3) is 3.86. The predicted octanol–water partition coefficient (Wildman–Crippen LogP) is 4.30. The van der Waals surface area contributed by atoms with E-state index >= 15 is 0 Å². The van der Waals surface area contributed by atoms with Gasteiger partial charge in [0.15, 0.2) is 0 Å². The molecule has 0 aliphatic heterocycles. The molecule has 3 heteroatoms. The zero-order chi connectivity index (χ0) is 14.4. The summed E-state index contributed by atoms with van der Waals surface area (Å²) in [6.07, 6.45) is 2.80. The molecule has 0 aliphatic carbocycles. The number of aromatic hydroxyl groups is 1. The maximum Gasteiger partial charge on any atom is 0.115 e. The SMILES string of the molecule is C=CCCNC(c1ccc(O)cc1)c1ccc(Cl)cc1. The molecular formula is C17H18ClNO. The summed E-state index contributed by atoms with van der Waals surface area (Å²) in [5.41, 5.74) is 2.25. The number of hydrogen-bond donors (Lipinski definition) is 2. The van der Waals surface area contributed by atoms with Crippen molar-refractivity contribution in [3.8, 4) is 5.75 Å². The lowest BCUT2D eigenvalue weighted by Crippen LogP contribution is -2.23. The molecule has 2 rings (SSSR count). The Hall–Kier alpha value is -1.77. The molecule has 0 aromatic heterocycles. The summed E-state index contributed by atoms with van der Waals surface area (Å²) < 4.78 is 0. The van der Waals surface area contributed by atoms with Crippen LogP contribution >= 0.6 is 11.6 Å². The van der Waals surface area contributed by atoms with Crippen molar-refractivity contribution >= 4 is 11.6 Å². The van der Waals surface area contributed by atoms with E-state index in [4.69, 9.17) is 11.6 Å². The maximum atomic E-state index is 9.41. The average Bonchev–Trinajstić information content (AvgIpc) is 2.46. The van der Waals surface area contributed by atoms with Crippen molar-refractivity contribution in [2.24, 2.45) is 0 Å². The molecule has 0 bridgehead atoms. The summed E-state index contributed by atoms with van der Waals surface area (Å²) >= 11 is 5.94. The molecule has 0 radical (unpaired) electrons. The van der Waals surface area contributed by atoms with Gasteiger partial charge in [0.2, 0.25) is 0 Å². The number of phenolic OH excluding ortho intramolecular Hbond substituents is 1. The van der Waals surface area contributed by atoms with E-state index in [-0.39, 0.29) is 11.8 Å². The number of nitrogens with one attached hydrogen (secondary N) is 1. The topological polar surface area (TPSA) is 32.3 Å². The highest BCUT2D eigenvalue weighted by atomic mass is 35.5. The van der Waals surface area contributed by atoms with Crippen molar-refractivity contribution in [3.05, 3.63) is 77.3 Å². The number of phenols is 1. The predicted molar refractivity (Wildman–Crippen MR) is 84.2 cm³/mol. The molecule has 0 amide bonds. The third-order valence-corrected chi connectivity index (χ3v) is 3.38. The monoisotopic (exact) mass is 287 g/mol. The van der Waals surface area contributed by atoms with Gasteiger partial charge in [-0.05, 0) is 48.4 Å². The zero-order valence-electron chi connectivity index (χ0n) is 11.2. The zero-order valence-corrected chi connectivity index (χ0v) is 12.0. The first-order valence-corrected chi connectivity index (χ1v) is 6.97. The molecule has 104 valence electrons. The summed E-state index contributed by atoms with van der Waals surface area (Å²) in [4.78, 5) is 0. The van der Waals surface area contributed by atoms with Crippen molar-refractivity contribution in [2.45, 2.75) is 12.5 Å². The van der Waals surface area contributed by atoms with Crippen molar-refractivity contribution in [1.82, 2.24) is 5.32 Å². The summed E-state index contributed by atoms with van der Waals surface area (Å²) in [6.45, 7) is 4.58. The van der Waals surface area contributed by atoms with Gasteiger partial charge in [-0.25, -0.2) is 0 Å². The van der Waals surface area contributed by atoms with Crippen LogP contribution in [0.5, 0.6) is 5.75 Å². The molecule has 0 fully saturated rings. The quantitative estimate of drug-likeness (QED) is 0.613. The fraction of sp³-hybridized carbons (Fsp3) is 0.176. The van der Waals surface area contributed by atoms with Crippen LogP contribution in [0.3, 0.4) is 0 Å². The number of hydrogen-bond acceptors (Lipinski definition) is 2. The van der Waals surface area contributed by atoms with Crippen LogP contribution in [0, 0.1) is 0 Å². The van der Waals surface area contributed by atoms with E-state index in [0.717, 1.165) is 29.1 Å². The highest BCUT2D eigenvalue weighted by Crippen LogP contribution is 2.25. The Kier molecular flexibility index (Phi) is 5.22. The van der Waals surface area contributed by atoms with Crippen LogP contribution in [0.2, 0.25) is 5.02 Å². The maximum absolute atomic E-state index is 9.41. The summed E-state index contributed by atoms with van der Waals surface area (Å²) in [7, 11) is 0. The third-order valence-electron chi connectivity index (χ3n) is 3.13. The molecule has 2 N–H and O–H groups in total. The van der Waals surface area contributed by atoms with Crippen molar-refractivity contribution in [2.75, 3.05) is 6.54 Å². The number of benzene rings is 2. The van der Waals surface area contributed by atoms with E-state index in [1.54, 1.807) is 12.1 Å². The first-order chi connectivity index (χ1) is 9.70. The van der Waals surface area contributed by atoms with Gasteiger partial charge < -0.3 is 10.4 Å².